The SMILES string of the molecule is CC(C)CCC(C)NCc1ccc(C(F)F)cc1. The number of rotatable bonds is 7. The number of alkyl halides is 2. The molecular weight excluding hydrogens is 232 g/mol. The Balaban J connectivity index is 2.34. The Morgan fingerprint density at radius 3 is 2.11 bits per heavy atom. The van der Waals surface area contributed by atoms with E-state index < -0.39 is 6.43 Å². The van der Waals surface area contributed by atoms with Crippen LogP contribution in [0.5, 0.6) is 0 Å². The lowest BCUT2D eigenvalue weighted by Gasteiger charge is -2.15. The van der Waals surface area contributed by atoms with Crippen molar-refractivity contribution in [2.24, 2.45) is 5.92 Å². The quantitative estimate of drug-likeness (QED) is 0.754. The van der Waals surface area contributed by atoms with Crippen molar-refractivity contribution < 1.29 is 8.78 Å². The third-order valence-corrected chi connectivity index (χ3v) is 3.06. The van der Waals surface area contributed by atoms with Crippen LogP contribution in [0.3, 0.4) is 0 Å². The molecule has 1 unspecified atom stereocenters. The fraction of sp³-hybridized carbons (Fsp3) is 0.600. The van der Waals surface area contributed by atoms with E-state index in [4.69, 9.17) is 0 Å². The highest BCUT2D eigenvalue weighted by Gasteiger charge is 2.06. The first-order valence-electron chi connectivity index (χ1n) is 6.59. The van der Waals surface area contributed by atoms with Crippen molar-refractivity contribution in [2.75, 3.05) is 0 Å². The van der Waals surface area contributed by atoms with Gasteiger partial charge < -0.3 is 5.32 Å². The first kappa shape index (κ1) is 15.1. The summed E-state index contributed by atoms with van der Waals surface area (Å²) in [6, 6.07) is 7.00. The molecule has 0 saturated heterocycles. The van der Waals surface area contributed by atoms with Crippen LogP contribution in [-0.2, 0) is 6.54 Å². The van der Waals surface area contributed by atoms with E-state index in [9.17, 15) is 8.78 Å². The van der Waals surface area contributed by atoms with Crippen LogP contribution in [0, 0.1) is 5.92 Å². The first-order chi connectivity index (χ1) is 8.49. The predicted octanol–water partition coefficient (Wildman–Crippen LogP) is 4.54. The van der Waals surface area contributed by atoms with Gasteiger partial charge in [0.05, 0.1) is 0 Å². The Morgan fingerprint density at radius 1 is 1.00 bits per heavy atom. The van der Waals surface area contributed by atoms with Crippen molar-refractivity contribution >= 4 is 0 Å². The van der Waals surface area contributed by atoms with Gasteiger partial charge in [-0.3, -0.25) is 0 Å². The monoisotopic (exact) mass is 255 g/mol. The Bertz CT molecular complexity index is 333. The second kappa shape index (κ2) is 7.47. The highest BCUT2D eigenvalue weighted by atomic mass is 19.3. The van der Waals surface area contributed by atoms with E-state index in [0.717, 1.165) is 24.4 Å². The van der Waals surface area contributed by atoms with Crippen LogP contribution < -0.4 is 5.32 Å². The van der Waals surface area contributed by atoms with Gasteiger partial charge in [0.15, 0.2) is 0 Å². The van der Waals surface area contributed by atoms with Crippen LogP contribution in [-0.4, -0.2) is 6.04 Å². The maximum Gasteiger partial charge on any atom is 0.263 e. The lowest BCUT2D eigenvalue weighted by Crippen LogP contribution is -2.25. The molecule has 0 fully saturated rings. The van der Waals surface area contributed by atoms with Gasteiger partial charge in [-0.2, -0.15) is 0 Å². The molecule has 1 aromatic rings. The van der Waals surface area contributed by atoms with Crippen molar-refractivity contribution in [3.63, 3.8) is 0 Å². The van der Waals surface area contributed by atoms with Gasteiger partial charge >= 0.3 is 0 Å². The van der Waals surface area contributed by atoms with E-state index in [1.165, 1.54) is 18.6 Å². The number of hydrogen-bond donors (Lipinski definition) is 1. The Hall–Kier alpha value is -0.960. The second-order valence-corrected chi connectivity index (χ2v) is 5.30. The summed E-state index contributed by atoms with van der Waals surface area (Å²) >= 11 is 0. The number of hydrogen-bond acceptors (Lipinski definition) is 1. The molecule has 18 heavy (non-hydrogen) atoms. The maximum atomic E-state index is 12.4. The van der Waals surface area contributed by atoms with E-state index in [1.54, 1.807) is 12.1 Å². The van der Waals surface area contributed by atoms with Gasteiger partial charge in [0.2, 0.25) is 0 Å². The largest absolute Gasteiger partial charge is 0.310 e. The Kier molecular flexibility index (Phi) is 6.27. The van der Waals surface area contributed by atoms with Gasteiger partial charge in [-0.15, -0.1) is 0 Å². The molecule has 1 atom stereocenters. The van der Waals surface area contributed by atoms with Gasteiger partial charge in [0.25, 0.3) is 6.43 Å². The molecule has 0 aromatic heterocycles. The van der Waals surface area contributed by atoms with Crippen LogP contribution in [0.25, 0.3) is 0 Å². The van der Waals surface area contributed by atoms with Crippen LogP contribution in [0.15, 0.2) is 24.3 Å². The predicted molar refractivity (Wildman–Crippen MR) is 71.8 cm³/mol. The van der Waals surface area contributed by atoms with Gasteiger partial charge in [-0.1, -0.05) is 38.1 Å². The van der Waals surface area contributed by atoms with Gasteiger partial charge in [0.1, 0.15) is 0 Å². The first-order valence-corrected chi connectivity index (χ1v) is 6.59. The fourth-order valence-corrected chi connectivity index (χ4v) is 1.76. The van der Waals surface area contributed by atoms with Crippen molar-refractivity contribution in [3.05, 3.63) is 35.4 Å². The molecule has 0 spiro atoms. The average molecular weight is 255 g/mol. The maximum absolute atomic E-state index is 12.4. The summed E-state index contributed by atoms with van der Waals surface area (Å²) in [4.78, 5) is 0. The lowest BCUT2D eigenvalue weighted by atomic mass is 10.0. The van der Waals surface area contributed by atoms with Crippen molar-refractivity contribution in [3.8, 4) is 0 Å². The van der Waals surface area contributed by atoms with E-state index in [2.05, 4.69) is 26.1 Å². The zero-order chi connectivity index (χ0) is 13.5. The summed E-state index contributed by atoms with van der Waals surface area (Å²) in [7, 11) is 0. The van der Waals surface area contributed by atoms with Crippen LogP contribution in [0.4, 0.5) is 8.78 Å². The number of halogens is 2. The van der Waals surface area contributed by atoms with E-state index in [-0.39, 0.29) is 5.56 Å². The molecule has 1 rings (SSSR count). The molecule has 0 aliphatic rings. The summed E-state index contributed by atoms with van der Waals surface area (Å²) in [6.45, 7) is 7.34. The van der Waals surface area contributed by atoms with Crippen LogP contribution in [0.2, 0.25) is 0 Å². The third kappa shape index (κ3) is 5.58. The number of benzene rings is 1. The fourth-order valence-electron chi connectivity index (χ4n) is 1.76. The molecule has 0 aliphatic heterocycles. The van der Waals surface area contributed by atoms with E-state index in [0.29, 0.717) is 6.04 Å². The summed E-state index contributed by atoms with van der Waals surface area (Å²) < 4.78 is 24.7. The molecule has 0 saturated carbocycles. The third-order valence-electron chi connectivity index (χ3n) is 3.06. The topological polar surface area (TPSA) is 12.0 Å². The molecule has 102 valence electrons. The minimum absolute atomic E-state index is 0.0895. The van der Waals surface area contributed by atoms with E-state index >= 15 is 0 Å². The van der Waals surface area contributed by atoms with Gasteiger partial charge in [0, 0.05) is 18.2 Å². The molecule has 1 nitrogen and oxygen atoms in total. The minimum atomic E-state index is -2.38. The second-order valence-electron chi connectivity index (χ2n) is 5.30. The molecule has 1 aromatic carbocycles. The molecular formula is C15H23F2N. The molecule has 1 N–H and O–H groups in total. The zero-order valence-electron chi connectivity index (χ0n) is 11.4. The Morgan fingerprint density at radius 2 is 1.61 bits per heavy atom. The summed E-state index contributed by atoms with van der Waals surface area (Å²) in [5, 5.41) is 3.42. The summed E-state index contributed by atoms with van der Waals surface area (Å²) in [5.41, 5.74) is 1.14. The molecule has 0 heterocycles. The van der Waals surface area contributed by atoms with Crippen molar-refractivity contribution in [1.82, 2.24) is 5.32 Å². The molecule has 0 radical (unpaired) electrons. The molecule has 0 aliphatic carbocycles. The lowest BCUT2D eigenvalue weighted by molar-refractivity contribution is 0.151. The highest BCUT2D eigenvalue weighted by molar-refractivity contribution is 5.23. The van der Waals surface area contributed by atoms with Crippen LogP contribution >= 0.6 is 0 Å². The highest BCUT2D eigenvalue weighted by Crippen LogP contribution is 2.18. The molecule has 0 bridgehead atoms. The standard InChI is InChI=1S/C15H23F2N/c1-11(2)4-5-12(3)18-10-13-6-8-14(9-7-13)15(16)17/h6-9,11-12,15,18H,4-5,10H2,1-3H3. The zero-order valence-corrected chi connectivity index (χ0v) is 11.4. The summed E-state index contributed by atoms with van der Waals surface area (Å²) in [6.07, 6.45) is -0.0253. The normalized spacial score (nSPS) is 13.3. The smallest absolute Gasteiger partial charge is 0.263 e. The average Bonchev–Trinajstić information content (AvgIpc) is 2.34. The van der Waals surface area contributed by atoms with Gasteiger partial charge in [-0.05, 0) is 31.2 Å². The van der Waals surface area contributed by atoms with Crippen LogP contribution in [0.1, 0.15) is 51.2 Å². The Labute approximate surface area is 109 Å². The van der Waals surface area contributed by atoms with Crippen molar-refractivity contribution in [2.45, 2.75) is 52.6 Å². The minimum Gasteiger partial charge on any atom is -0.310 e. The number of nitrogens with one attached hydrogen (secondary N) is 1. The van der Waals surface area contributed by atoms with Crippen molar-refractivity contribution in [1.29, 1.82) is 0 Å². The van der Waals surface area contributed by atoms with E-state index in [1.807, 2.05) is 0 Å². The molecule has 0 amide bonds. The molecule has 3 heteroatoms. The summed E-state index contributed by atoms with van der Waals surface area (Å²) in [5.74, 6) is 0.722. The van der Waals surface area contributed by atoms with Gasteiger partial charge in [-0.25, -0.2) is 8.78 Å².